The van der Waals surface area contributed by atoms with Gasteiger partial charge in [0.2, 0.25) is 0 Å². The van der Waals surface area contributed by atoms with Gasteiger partial charge in [-0.05, 0) is 31.2 Å². The molecule has 154 valence electrons. The molecule has 0 bridgehead atoms. The fourth-order valence-electron chi connectivity index (χ4n) is 3.33. The molecule has 5 rings (SSSR count). The van der Waals surface area contributed by atoms with Gasteiger partial charge in [0.15, 0.2) is 33.6 Å². The molecule has 0 unspecified atom stereocenters. The molecular weight excluding hydrogens is 404 g/mol. The average molecular weight is 424 g/mol. The number of aryl methyl sites for hydroxylation is 1. The van der Waals surface area contributed by atoms with E-state index in [0.717, 1.165) is 27.7 Å². The van der Waals surface area contributed by atoms with Crippen molar-refractivity contribution in [1.82, 2.24) is 29.7 Å². The topological polar surface area (TPSA) is 143 Å². The van der Waals surface area contributed by atoms with E-state index in [4.69, 9.17) is 25.9 Å². The number of hydrogen-bond acceptors (Lipinski definition) is 9. The van der Waals surface area contributed by atoms with Crippen molar-refractivity contribution in [2.45, 2.75) is 23.0 Å². The van der Waals surface area contributed by atoms with Gasteiger partial charge in [0.05, 0.1) is 5.69 Å². The highest BCUT2D eigenvalue weighted by atomic mass is 32.2. The Hall–Kier alpha value is -3.31. The molecule has 4 heterocycles. The van der Waals surface area contributed by atoms with Crippen molar-refractivity contribution < 1.29 is 9.47 Å². The lowest BCUT2D eigenvalue weighted by Crippen LogP contribution is -2.15. The first-order valence-corrected chi connectivity index (χ1v) is 10.3. The van der Waals surface area contributed by atoms with Crippen molar-refractivity contribution in [2.24, 2.45) is 5.73 Å². The van der Waals surface area contributed by atoms with E-state index in [-0.39, 0.29) is 0 Å². The van der Waals surface area contributed by atoms with Crippen LogP contribution in [-0.2, 0) is 6.54 Å². The number of nitrogen functional groups attached to an aromatic ring is 1. The van der Waals surface area contributed by atoms with Crippen molar-refractivity contribution in [3.63, 3.8) is 0 Å². The summed E-state index contributed by atoms with van der Waals surface area (Å²) in [5.74, 6) is 1.77. The number of fused-ring (bicyclic) bond motifs is 2. The number of imidazole rings is 1. The van der Waals surface area contributed by atoms with Crippen LogP contribution in [-0.4, -0.2) is 49.5 Å². The van der Waals surface area contributed by atoms with Gasteiger partial charge in [0.1, 0.15) is 19.5 Å². The number of nitrogens with one attached hydrogen (secondary N) is 1. The van der Waals surface area contributed by atoms with Gasteiger partial charge in [-0.25, -0.2) is 15.0 Å². The van der Waals surface area contributed by atoms with Crippen molar-refractivity contribution in [3.8, 4) is 22.8 Å². The predicted octanol–water partition coefficient (Wildman–Crippen LogP) is 2.07. The lowest BCUT2D eigenvalue weighted by Gasteiger charge is -2.20. The highest BCUT2D eigenvalue weighted by Gasteiger charge is 2.21. The van der Waals surface area contributed by atoms with Gasteiger partial charge >= 0.3 is 0 Å². The molecule has 30 heavy (non-hydrogen) atoms. The molecule has 0 radical (unpaired) electrons. The molecule has 0 saturated heterocycles. The number of nitrogens with two attached hydrogens (primary N) is 2. The molecule has 0 atom stereocenters. The smallest absolute Gasteiger partial charge is 0.175 e. The first kappa shape index (κ1) is 18.7. The van der Waals surface area contributed by atoms with Crippen LogP contribution in [0.3, 0.4) is 0 Å². The highest BCUT2D eigenvalue weighted by Crippen LogP contribution is 2.43. The van der Waals surface area contributed by atoms with E-state index in [9.17, 15) is 0 Å². The summed E-state index contributed by atoms with van der Waals surface area (Å²) in [7, 11) is 0. The number of aromatic amines is 1. The Morgan fingerprint density at radius 2 is 2.00 bits per heavy atom. The molecule has 1 aliphatic heterocycles. The van der Waals surface area contributed by atoms with Gasteiger partial charge in [-0.2, -0.15) is 5.10 Å². The fourth-order valence-corrected chi connectivity index (χ4v) is 4.40. The maximum absolute atomic E-state index is 6.05. The summed E-state index contributed by atoms with van der Waals surface area (Å²) in [4.78, 5) is 14.1. The van der Waals surface area contributed by atoms with E-state index >= 15 is 0 Å². The first-order valence-electron chi connectivity index (χ1n) is 9.52. The van der Waals surface area contributed by atoms with Crippen molar-refractivity contribution in [3.05, 3.63) is 30.7 Å². The molecule has 0 amide bonds. The second-order valence-corrected chi connectivity index (χ2v) is 7.69. The van der Waals surface area contributed by atoms with Crippen LogP contribution in [0, 0.1) is 0 Å². The van der Waals surface area contributed by atoms with Gasteiger partial charge < -0.3 is 25.5 Å². The largest absolute Gasteiger partial charge is 0.486 e. The maximum Gasteiger partial charge on any atom is 0.175 e. The molecule has 11 heteroatoms. The third-order valence-electron chi connectivity index (χ3n) is 4.75. The molecule has 0 fully saturated rings. The van der Waals surface area contributed by atoms with Crippen LogP contribution in [0.5, 0.6) is 11.5 Å². The van der Waals surface area contributed by atoms with Crippen LogP contribution in [0.2, 0.25) is 0 Å². The zero-order valence-electron chi connectivity index (χ0n) is 16.0. The Morgan fingerprint density at radius 1 is 1.17 bits per heavy atom. The molecular formula is C19H20N8O2S. The number of H-pyrrole nitrogens is 1. The van der Waals surface area contributed by atoms with Crippen molar-refractivity contribution >= 4 is 28.7 Å². The van der Waals surface area contributed by atoms with Gasteiger partial charge in [0, 0.05) is 23.2 Å². The summed E-state index contributed by atoms with van der Waals surface area (Å²) in [5, 5.41) is 7.87. The van der Waals surface area contributed by atoms with Crippen LogP contribution < -0.4 is 20.9 Å². The second-order valence-electron chi connectivity index (χ2n) is 6.68. The van der Waals surface area contributed by atoms with E-state index in [0.29, 0.717) is 54.8 Å². The summed E-state index contributed by atoms with van der Waals surface area (Å²) in [6, 6.07) is 5.85. The average Bonchev–Trinajstić information content (AvgIpc) is 3.41. The zero-order chi connectivity index (χ0) is 20.5. The number of benzene rings is 1. The van der Waals surface area contributed by atoms with E-state index < -0.39 is 0 Å². The van der Waals surface area contributed by atoms with Gasteiger partial charge in [-0.15, -0.1) is 0 Å². The standard InChI is InChI=1S/C19H20N8O2S/c20-3-1-5-27-18-16(17(21)22-10-23-18)25-19(27)30-15-9-14-13(28-6-7-29-14)8-11(15)12-2-4-24-26-12/h2,4,8-10H,1,3,5-7,20H2,(H,24,26)(H2,21,22,23). The SMILES string of the molecule is NCCCn1c(Sc2cc3c(cc2-c2ccn[nH]2)OCCO3)nc2c(N)ncnc21. The lowest BCUT2D eigenvalue weighted by molar-refractivity contribution is 0.171. The monoisotopic (exact) mass is 424 g/mol. The molecule has 5 N–H and O–H groups in total. The molecule has 10 nitrogen and oxygen atoms in total. The molecule has 0 saturated carbocycles. The van der Waals surface area contributed by atoms with Crippen LogP contribution in [0.15, 0.2) is 40.8 Å². The molecule has 1 aromatic carbocycles. The van der Waals surface area contributed by atoms with Crippen molar-refractivity contribution in [1.29, 1.82) is 0 Å². The van der Waals surface area contributed by atoms with E-state index in [1.807, 2.05) is 22.8 Å². The fraction of sp³-hybridized carbons (Fsp3) is 0.263. The predicted molar refractivity (Wildman–Crippen MR) is 113 cm³/mol. The molecule has 0 aliphatic carbocycles. The number of ether oxygens (including phenoxy) is 2. The molecule has 1 aliphatic rings. The van der Waals surface area contributed by atoms with Gasteiger partial charge in [-0.1, -0.05) is 11.8 Å². The van der Waals surface area contributed by atoms with Crippen LogP contribution in [0.1, 0.15) is 6.42 Å². The van der Waals surface area contributed by atoms with Crippen LogP contribution in [0.4, 0.5) is 5.82 Å². The zero-order valence-corrected chi connectivity index (χ0v) is 16.9. The third-order valence-corrected chi connectivity index (χ3v) is 5.80. The Morgan fingerprint density at radius 3 is 2.77 bits per heavy atom. The minimum Gasteiger partial charge on any atom is -0.486 e. The number of aromatic nitrogens is 6. The quantitative estimate of drug-likeness (QED) is 0.424. The van der Waals surface area contributed by atoms with Crippen molar-refractivity contribution in [2.75, 3.05) is 25.5 Å². The number of hydrogen-bond donors (Lipinski definition) is 3. The summed E-state index contributed by atoms with van der Waals surface area (Å²) in [6.07, 6.45) is 3.96. The third kappa shape index (κ3) is 3.31. The summed E-state index contributed by atoms with van der Waals surface area (Å²) in [5.41, 5.74) is 14.9. The Labute approximate surface area is 176 Å². The van der Waals surface area contributed by atoms with Crippen LogP contribution >= 0.6 is 11.8 Å². The maximum atomic E-state index is 6.05. The number of rotatable bonds is 6. The lowest BCUT2D eigenvalue weighted by atomic mass is 10.1. The number of nitrogens with zero attached hydrogens (tertiary/aromatic N) is 5. The normalized spacial score (nSPS) is 13.1. The van der Waals surface area contributed by atoms with E-state index in [1.165, 1.54) is 18.1 Å². The molecule has 0 spiro atoms. The minimum absolute atomic E-state index is 0.351. The molecule has 3 aromatic heterocycles. The Bertz CT molecular complexity index is 1190. The Kier molecular flexibility index (Phi) is 4.89. The summed E-state index contributed by atoms with van der Waals surface area (Å²) in [6.45, 7) is 2.28. The minimum atomic E-state index is 0.351. The van der Waals surface area contributed by atoms with Gasteiger partial charge in [-0.3, -0.25) is 5.10 Å². The molecule has 4 aromatic rings. The Balaban J connectivity index is 1.63. The summed E-state index contributed by atoms with van der Waals surface area (Å²) < 4.78 is 13.6. The highest BCUT2D eigenvalue weighted by molar-refractivity contribution is 7.99. The van der Waals surface area contributed by atoms with Crippen LogP contribution in [0.25, 0.3) is 22.4 Å². The van der Waals surface area contributed by atoms with E-state index in [1.54, 1.807) is 6.20 Å². The number of anilines is 1. The first-order chi connectivity index (χ1) is 14.7. The van der Waals surface area contributed by atoms with E-state index in [2.05, 4.69) is 20.2 Å². The second kappa shape index (κ2) is 7.84. The summed E-state index contributed by atoms with van der Waals surface area (Å²) >= 11 is 1.50. The van der Waals surface area contributed by atoms with Gasteiger partial charge in [0.25, 0.3) is 0 Å².